The van der Waals surface area contributed by atoms with Crippen LogP contribution < -0.4 is 5.69 Å². The molecule has 2 aromatic heterocycles. The minimum Gasteiger partial charge on any atom is -0.300 e. The van der Waals surface area contributed by atoms with Crippen molar-refractivity contribution in [1.82, 2.24) is 14.1 Å². The van der Waals surface area contributed by atoms with E-state index < -0.39 is 0 Å². The number of hydrogen-bond donors (Lipinski definition) is 0. The first kappa shape index (κ1) is 11.1. The zero-order chi connectivity index (χ0) is 11.5. The summed E-state index contributed by atoms with van der Waals surface area (Å²) in [6.45, 7) is 3.16. The molecule has 0 amide bonds. The Balaban J connectivity index is 2.24. The molecular weight excluding hydrogens is 270 g/mol. The Kier molecular flexibility index (Phi) is 3.24. The minimum atomic E-state index is 0.00668. The van der Waals surface area contributed by atoms with Crippen LogP contribution in [-0.4, -0.2) is 14.1 Å². The van der Waals surface area contributed by atoms with Gasteiger partial charge in [0.25, 0.3) is 0 Å². The molecule has 16 heavy (non-hydrogen) atoms. The van der Waals surface area contributed by atoms with E-state index in [1.54, 1.807) is 27.7 Å². The number of halogens is 1. The van der Waals surface area contributed by atoms with Gasteiger partial charge in [0, 0.05) is 29.6 Å². The fourth-order valence-electron chi connectivity index (χ4n) is 1.49. The Hall–Kier alpha value is -1.36. The Morgan fingerprint density at radius 3 is 2.62 bits per heavy atom. The highest BCUT2D eigenvalue weighted by Crippen LogP contribution is 2.07. The summed E-state index contributed by atoms with van der Waals surface area (Å²) in [6, 6.07) is 3.82. The smallest absolute Gasteiger partial charge is 0.300 e. The summed E-state index contributed by atoms with van der Waals surface area (Å²) < 4.78 is 4.26. The van der Waals surface area contributed by atoms with Crippen LogP contribution in [0.1, 0.15) is 12.6 Å². The summed E-state index contributed by atoms with van der Waals surface area (Å²) in [5.74, 6) is 0. The molecule has 0 aliphatic heterocycles. The Morgan fingerprint density at radius 1 is 1.31 bits per heavy atom. The predicted molar refractivity (Wildman–Crippen MR) is 65.4 cm³/mol. The van der Waals surface area contributed by atoms with E-state index in [9.17, 15) is 4.79 Å². The first-order valence-corrected chi connectivity index (χ1v) is 5.86. The van der Waals surface area contributed by atoms with Crippen LogP contribution in [-0.2, 0) is 13.1 Å². The summed E-state index contributed by atoms with van der Waals surface area (Å²) >= 11 is 3.33. The van der Waals surface area contributed by atoms with Crippen LogP contribution >= 0.6 is 15.9 Å². The highest BCUT2D eigenvalue weighted by molar-refractivity contribution is 9.10. The maximum atomic E-state index is 11.8. The van der Waals surface area contributed by atoms with Crippen LogP contribution in [0.15, 0.2) is 40.0 Å². The molecule has 5 heteroatoms. The van der Waals surface area contributed by atoms with Gasteiger partial charge in [-0.1, -0.05) is 0 Å². The molecule has 2 aromatic rings. The van der Waals surface area contributed by atoms with Crippen LogP contribution in [0.2, 0.25) is 0 Å². The van der Waals surface area contributed by atoms with Crippen molar-refractivity contribution in [2.75, 3.05) is 0 Å². The van der Waals surface area contributed by atoms with Gasteiger partial charge >= 0.3 is 5.69 Å². The van der Waals surface area contributed by atoms with E-state index in [-0.39, 0.29) is 5.69 Å². The van der Waals surface area contributed by atoms with E-state index in [1.807, 2.05) is 19.1 Å². The van der Waals surface area contributed by atoms with Gasteiger partial charge in [-0.05, 0) is 35.0 Å². The molecule has 84 valence electrons. The van der Waals surface area contributed by atoms with Crippen LogP contribution in [0, 0.1) is 0 Å². The first-order valence-electron chi connectivity index (χ1n) is 5.06. The van der Waals surface area contributed by atoms with Crippen LogP contribution in [0.5, 0.6) is 0 Å². The highest BCUT2D eigenvalue weighted by atomic mass is 79.9. The van der Waals surface area contributed by atoms with Gasteiger partial charge in [0.15, 0.2) is 0 Å². The highest BCUT2D eigenvalue weighted by Gasteiger charge is 2.02. The molecule has 0 bridgehead atoms. The van der Waals surface area contributed by atoms with E-state index in [2.05, 4.69) is 20.9 Å². The maximum absolute atomic E-state index is 11.8. The number of pyridine rings is 1. The molecule has 0 radical (unpaired) electrons. The van der Waals surface area contributed by atoms with Gasteiger partial charge in [-0.2, -0.15) is 0 Å². The van der Waals surface area contributed by atoms with Gasteiger partial charge in [0.2, 0.25) is 0 Å². The standard InChI is InChI=1S/C11H12BrN3O/c1-2-14-5-6-15(11(14)16)8-10-4-3-9(12)7-13-10/h3-7H,2,8H2,1H3. The molecule has 0 aliphatic carbocycles. The van der Waals surface area contributed by atoms with Crippen molar-refractivity contribution >= 4 is 15.9 Å². The van der Waals surface area contributed by atoms with Crippen molar-refractivity contribution < 1.29 is 0 Å². The van der Waals surface area contributed by atoms with Crippen molar-refractivity contribution in [2.45, 2.75) is 20.0 Å². The molecular formula is C11H12BrN3O. The number of hydrogen-bond acceptors (Lipinski definition) is 2. The third-order valence-corrected chi connectivity index (χ3v) is 2.85. The Labute approximate surface area is 102 Å². The van der Waals surface area contributed by atoms with Crippen molar-refractivity contribution in [3.63, 3.8) is 0 Å². The average molecular weight is 282 g/mol. The molecule has 0 fully saturated rings. The molecule has 4 nitrogen and oxygen atoms in total. The minimum absolute atomic E-state index is 0.00668. The zero-order valence-electron chi connectivity index (χ0n) is 8.93. The van der Waals surface area contributed by atoms with Crippen molar-refractivity contribution in [1.29, 1.82) is 0 Å². The van der Waals surface area contributed by atoms with Gasteiger partial charge in [-0.3, -0.25) is 14.1 Å². The normalized spacial score (nSPS) is 10.6. The summed E-state index contributed by atoms with van der Waals surface area (Å²) in [4.78, 5) is 16.0. The number of rotatable bonds is 3. The van der Waals surface area contributed by atoms with E-state index in [1.165, 1.54) is 0 Å². The topological polar surface area (TPSA) is 39.8 Å². The lowest BCUT2D eigenvalue weighted by atomic mass is 10.3. The number of aryl methyl sites for hydroxylation is 1. The summed E-state index contributed by atoms with van der Waals surface area (Å²) in [6.07, 6.45) is 5.31. The first-order chi connectivity index (χ1) is 7.70. The lowest BCUT2D eigenvalue weighted by Gasteiger charge is -2.01. The van der Waals surface area contributed by atoms with Gasteiger partial charge in [0.1, 0.15) is 0 Å². The molecule has 0 spiro atoms. The van der Waals surface area contributed by atoms with Gasteiger partial charge < -0.3 is 0 Å². The van der Waals surface area contributed by atoms with Gasteiger partial charge in [-0.15, -0.1) is 0 Å². The monoisotopic (exact) mass is 281 g/mol. The lowest BCUT2D eigenvalue weighted by molar-refractivity contribution is 0.662. The molecule has 0 N–H and O–H groups in total. The summed E-state index contributed by atoms with van der Waals surface area (Å²) in [7, 11) is 0. The molecule has 2 rings (SSSR count). The Bertz CT molecular complexity index is 527. The van der Waals surface area contributed by atoms with Crippen molar-refractivity contribution in [3.8, 4) is 0 Å². The molecule has 0 unspecified atom stereocenters. The largest absolute Gasteiger partial charge is 0.328 e. The van der Waals surface area contributed by atoms with Gasteiger partial charge in [0.05, 0.1) is 12.2 Å². The lowest BCUT2D eigenvalue weighted by Crippen LogP contribution is -2.24. The third-order valence-electron chi connectivity index (χ3n) is 2.38. The molecule has 2 heterocycles. The third kappa shape index (κ3) is 2.24. The predicted octanol–water partition coefficient (Wildman–Crippen LogP) is 1.88. The molecule has 0 saturated heterocycles. The number of nitrogens with zero attached hydrogens (tertiary/aromatic N) is 3. The average Bonchev–Trinajstić information content (AvgIpc) is 2.63. The van der Waals surface area contributed by atoms with E-state index in [4.69, 9.17) is 0 Å². The Morgan fingerprint density at radius 2 is 2.06 bits per heavy atom. The van der Waals surface area contributed by atoms with E-state index in [0.717, 1.165) is 10.2 Å². The zero-order valence-corrected chi connectivity index (χ0v) is 10.5. The fraction of sp³-hybridized carbons (Fsp3) is 0.273. The second kappa shape index (κ2) is 4.65. The second-order valence-electron chi connectivity index (χ2n) is 3.46. The molecule has 0 aliphatic rings. The van der Waals surface area contributed by atoms with Crippen LogP contribution in [0.25, 0.3) is 0 Å². The molecule has 0 saturated carbocycles. The molecule has 0 aromatic carbocycles. The fourth-order valence-corrected chi connectivity index (χ4v) is 1.72. The number of aromatic nitrogens is 3. The van der Waals surface area contributed by atoms with Crippen molar-refractivity contribution in [3.05, 3.63) is 51.4 Å². The SMILES string of the molecule is CCn1ccn(Cc2ccc(Br)cn2)c1=O. The quantitative estimate of drug-likeness (QED) is 0.862. The van der Waals surface area contributed by atoms with E-state index in [0.29, 0.717) is 13.1 Å². The maximum Gasteiger partial charge on any atom is 0.328 e. The summed E-state index contributed by atoms with van der Waals surface area (Å²) in [5.41, 5.74) is 0.881. The van der Waals surface area contributed by atoms with Crippen LogP contribution in [0.3, 0.4) is 0 Å². The van der Waals surface area contributed by atoms with Crippen LogP contribution in [0.4, 0.5) is 0 Å². The second-order valence-corrected chi connectivity index (χ2v) is 4.38. The molecule has 0 atom stereocenters. The van der Waals surface area contributed by atoms with Crippen molar-refractivity contribution in [2.24, 2.45) is 0 Å². The van der Waals surface area contributed by atoms with E-state index >= 15 is 0 Å². The number of imidazole rings is 1. The summed E-state index contributed by atoms with van der Waals surface area (Å²) in [5, 5.41) is 0. The van der Waals surface area contributed by atoms with Gasteiger partial charge in [-0.25, -0.2) is 4.79 Å².